The smallest absolute Gasteiger partial charge is 0.417 e. The maximum Gasteiger partial charge on any atom is 0.417 e. The number of aliphatic hydroxyl groups is 1. The molecule has 36 heavy (non-hydrogen) atoms. The van der Waals surface area contributed by atoms with E-state index in [-0.39, 0.29) is 12.4 Å². The predicted octanol–water partition coefficient (Wildman–Crippen LogP) is 5.50. The van der Waals surface area contributed by atoms with Crippen molar-refractivity contribution in [3.8, 4) is 11.1 Å². The lowest BCUT2D eigenvalue weighted by molar-refractivity contribution is -0.152. The van der Waals surface area contributed by atoms with Crippen LogP contribution < -0.4 is 4.72 Å². The summed E-state index contributed by atoms with van der Waals surface area (Å²) in [7, 11) is -3.10. The van der Waals surface area contributed by atoms with Gasteiger partial charge >= 0.3 is 12.1 Å². The zero-order valence-electron chi connectivity index (χ0n) is 19.2. The van der Waals surface area contributed by atoms with Crippen molar-refractivity contribution >= 4 is 37.6 Å². The highest BCUT2D eigenvalue weighted by atomic mass is 79.9. The number of sulfonamides is 1. The van der Waals surface area contributed by atoms with E-state index in [9.17, 15) is 35.9 Å². The van der Waals surface area contributed by atoms with Gasteiger partial charge in [0.25, 0.3) is 0 Å². The van der Waals surface area contributed by atoms with E-state index in [1.54, 1.807) is 0 Å². The first-order valence-electron chi connectivity index (χ1n) is 11.1. The second kappa shape index (κ2) is 9.29. The summed E-state index contributed by atoms with van der Waals surface area (Å²) in [6.07, 6.45) is -4.20. The molecule has 0 radical (unpaired) electrons. The fourth-order valence-electron chi connectivity index (χ4n) is 5.64. The fourth-order valence-corrected chi connectivity index (χ4v) is 7.36. The Morgan fingerprint density at radius 2 is 1.86 bits per heavy atom. The molecule has 0 aromatic heterocycles. The molecule has 0 amide bonds. The lowest BCUT2D eigenvalue weighted by Gasteiger charge is -2.32. The Morgan fingerprint density at radius 1 is 1.19 bits per heavy atom. The highest BCUT2D eigenvalue weighted by Gasteiger charge is 2.61. The second-order valence-electron chi connectivity index (χ2n) is 9.56. The van der Waals surface area contributed by atoms with Gasteiger partial charge in [0.2, 0.25) is 10.0 Å². The van der Waals surface area contributed by atoms with Crippen LogP contribution in [0, 0.1) is 16.6 Å². The number of halogens is 5. The first-order chi connectivity index (χ1) is 16.7. The molecule has 0 aliphatic heterocycles. The van der Waals surface area contributed by atoms with Crippen LogP contribution in [0.25, 0.3) is 11.1 Å². The quantitative estimate of drug-likeness (QED) is 0.327. The van der Waals surface area contributed by atoms with Crippen LogP contribution in [0.4, 0.5) is 23.2 Å². The summed E-state index contributed by atoms with van der Waals surface area (Å²) in [6.45, 7) is 0. The summed E-state index contributed by atoms with van der Waals surface area (Å²) in [6, 6.07) is 6.29. The summed E-state index contributed by atoms with van der Waals surface area (Å²) >= 11 is 3.11. The maximum absolute atomic E-state index is 14.6. The number of anilines is 1. The number of benzene rings is 2. The van der Waals surface area contributed by atoms with Gasteiger partial charge in [0.1, 0.15) is 5.82 Å². The fraction of sp³-hybridized carbons (Fsp3) is 0.458. The Hall–Kier alpha value is -2.18. The number of esters is 1. The molecule has 0 spiro atoms. The first kappa shape index (κ1) is 26.9. The minimum Gasteiger partial charge on any atom is -0.469 e. The summed E-state index contributed by atoms with van der Waals surface area (Å²) in [5.74, 6) is -2.15. The van der Waals surface area contributed by atoms with E-state index in [0.29, 0.717) is 30.2 Å². The third kappa shape index (κ3) is 4.87. The van der Waals surface area contributed by atoms with Gasteiger partial charge in [-0.25, -0.2) is 12.8 Å². The van der Waals surface area contributed by atoms with Crippen LogP contribution in [-0.2, 0) is 25.7 Å². The molecule has 2 N–H and O–H groups in total. The van der Waals surface area contributed by atoms with E-state index in [0.717, 1.165) is 30.3 Å². The van der Waals surface area contributed by atoms with Crippen molar-refractivity contribution < 1.29 is 40.6 Å². The molecule has 2 bridgehead atoms. The minimum absolute atomic E-state index is 0.279. The zero-order valence-corrected chi connectivity index (χ0v) is 21.6. The molecule has 2 aromatic rings. The number of ether oxygens (including phenoxy) is 1. The topological polar surface area (TPSA) is 92.7 Å². The van der Waals surface area contributed by atoms with Gasteiger partial charge in [0, 0.05) is 15.6 Å². The highest BCUT2D eigenvalue weighted by Crippen LogP contribution is 2.63. The van der Waals surface area contributed by atoms with Crippen LogP contribution in [0.1, 0.15) is 37.7 Å². The third-order valence-corrected chi connectivity index (χ3v) is 9.21. The maximum atomic E-state index is 14.6. The number of methoxy groups -OCH3 is 1. The number of rotatable bonds is 7. The van der Waals surface area contributed by atoms with Gasteiger partial charge in [-0.15, -0.1) is 0 Å². The van der Waals surface area contributed by atoms with Gasteiger partial charge in [0.15, 0.2) is 0 Å². The Balaban J connectivity index is 1.66. The molecule has 0 saturated heterocycles. The van der Waals surface area contributed by atoms with E-state index < -0.39 is 67.1 Å². The SMILES string of the molecule is COC(=O)C12CCC([C@H](O)CS(=O)(=O)Nc3cccc(C(F)(F)F)c3-c3cc(Br)ccc3F)(CC1)C2. The first-order valence-corrected chi connectivity index (χ1v) is 13.6. The zero-order chi connectivity index (χ0) is 26.5. The van der Waals surface area contributed by atoms with E-state index in [1.807, 2.05) is 0 Å². The third-order valence-electron chi connectivity index (χ3n) is 7.43. The van der Waals surface area contributed by atoms with Crippen LogP contribution in [0.2, 0.25) is 0 Å². The standard InChI is InChI=1S/C24H24BrF4NO5S/c1-35-21(32)23-9-7-22(13-23,8-10-23)19(31)12-36(33,34)30-18-4-2-3-16(24(27,28)29)20(18)15-11-14(25)5-6-17(15)26/h2-6,11,19,30-31H,7-10,12-13H2,1H3/t19-,22?,23?/m1/s1. The number of carbonyl (C=O) groups is 1. The monoisotopic (exact) mass is 593 g/mol. The van der Waals surface area contributed by atoms with Gasteiger partial charge in [-0.2, -0.15) is 13.2 Å². The molecular weight excluding hydrogens is 570 g/mol. The summed E-state index contributed by atoms with van der Waals surface area (Å²) in [5, 5.41) is 10.9. The number of alkyl halides is 3. The number of hydrogen-bond acceptors (Lipinski definition) is 5. The Kier molecular flexibility index (Phi) is 6.93. The largest absolute Gasteiger partial charge is 0.469 e. The van der Waals surface area contributed by atoms with E-state index in [4.69, 9.17) is 4.74 Å². The van der Waals surface area contributed by atoms with Crippen molar-refractivity contribution in [3.63, 3.8) is 0 Å². The van der Waals surface area contributed by atoms with Gasteiger partial charge in [-0.1, -0.05) is 22.0 Å². The molecule has 2 aromatic carbocycles. The number of aliphatic hydroxyl groups excluding tert-OH is 1. The Labute approximate surface area is 214 Å². The van der Waals surface area contributed by atoms with E-state index in [2.05, 4.69) is 20.7 Å². The minimum atomic E-state index is -4.89. The molecule has 0 unspecified atom stereocenters. The average molecular weight is 594 g/mol. The van der Waals surface area contributed by atoms with E-state index >= 15 is 0 Å². The normalized spacial score (nSPS) is 24.5. The van der Waals surface area contributed by atoms with Gasteiger partial charge in [-0.3, -0.25) is 9.52 Å². The lowest BCUT2D eigenvalue weighted by Crippen LogP contribution is -2.38. The van der Waals surface area contributed by atoms with E-state index in [1.165, 1.54) is 13.2 Å². The molecule has 2 saturated carbocycles. The molecule has 0 heterocycles. The van der Waals surface area contributed by atoms with Crippen LogP contribution in [0.3, 0.4) is 0 Å². The van der Waals surface area contributed by atoms with Crippen LogP contribution in [-0.4, -0.2) is 38.5 Å². The Morgan fingerprint density at radius 3 is 2.47 bits per heavy atom. The molecule has 196 valence electrons. The highest BCUT2D eigenvalue weighted by molar-refractivity contribution is 9.10. The number of fused-ring (bicyclic) bond motifs is 2. The molecule has 4 rings (SSSR count). The van der Waals surface area contributed by atoms with Crippen LogP contribution in [0.5, 0.6) is 0 Å². The number of hydrogen-bond donors (Lipinski definition) is 2. The molecule has 6 nitrogen and oxygen atoms in total. The molecule has 2 aliphatic carbocycles. The van der Waals surface area contributed by atoms with Gasteiger partial charge in [-0.05, 0) is 67.9 Å². The molecule has 2 aliphatic rings. The van der Waals surface area contributed by atoms with Gasteiger partial charge in [0.05, 0.1) is 35.6 Å². The summed E-state index contributed by atoms with van der Waals surface area (Å²) in [5.41, 5.74) is -4.34. The van der Waals surface area contributed by atoms with Crippen molar-refractivity contribution in [1.82, 2.24) is 0 Å². The predicted molar refractivity (Wildman–Crippen MR) is 128 cm³/mol. The number of nitrogens with one attached hydrogen (secondary N) is 1. The molecule has 12 heteroatoms. The average Bonchev–Trinajstić information content (AvgIpc) is 3.38. The summed E-state index contributed by atoms with van der Waals surface area (Å²) < 4.78 is 89.6. The second-order valence-corrected chi connectivity index (χ2v) is 12.2. The lowest BCUT2D eigenvalue weighted by atomic mass is 9.79. The number of carbonyl (C=O) groups excluding carboxylic acids is 1. The molecule has 1 atom stereocenters. The van der Waals surface area contributed by atoms with Crippen molar-refractivity contribution in [2.45, 2.75) is 44.4 Å². The van der Waals surface area contributed by atoms with Crippen molar-refractivity contribution in [3.05, 3.63) is 52.3 Å². The van der Waals surface area contributed by atoms with Crippen LogP contribution >= 0.6 is 15.9 Å². The summed E-state index contributed by atoms with van der Waals surface area (Å²) in [4.78, 5) is 12.3. The Bertz CT molecular complexity index is 1290. The molecular formula is C24H24BrF4NO5S. The van der Waals surface area contributed by atoms with Crippen molar-refractivity contribution in [1.29, 1.82) is 0 Å². The molecule has 2 fully saturated rings. The van der Waals surface area contributed by atoms with Crippen molar-refractivity contribution in [2.75, 3.05) is 17.6 Å². The van der Waals surface area contributed by atoms with Gasteiger partial charge < -0.3 is 9.84 Å². The van der Waals surface area contributed by atoms with Crippen molar-refractivity contribution in [2.24, 2.45) is 10.8 Å². The van der Waals surface area contributed by atoms with Crippen LogP contribution in [0.15, 0.2) is 40.9 Å².